The third-order valence-corrected chi connectivity index (χ3v) is 6.55. The Kier molecular flexibility index (Phi) is 7.40. The zero-order valence-corrected chi connectivity index (χ0v) is 20.8. The van der Waals surface area contributed by atoms with Gasteiger partial charge >= 0.3 is 6.03 Å². The normalized spacial score (nSPS) is 14.1. The topological polar surface area (TPSA) is 79.2 Å². The van der Waals surface area contributed by atoms with Crippen LogP contribution in [0.15, 0.2) is 66.9 Å². The van der Waals surface area contributed by atoms with E-state index in [1.807, 2.05) is 64.3 Å². The standard InChI is InChI=1S/C28H33N7O/c1-2-3-15-29-28(36)34-17-10-16-33(18-19-34)26-24-21-30-35(23-13-8-5-9-14-23)27(24)32-25(31-26)20-22-11-6-4-7-12-22/h4-9,11-14,21H,2-3,10,15-20H2,1H3,(H,29,36). The average Bonchev–Trinajstić information content (AvgIpc) is 3.18. The molecule has 0 aliphatic carbocycles. The first-order valence-electron chi connectivity index (χ1n) is 12.8. The van der Waals surface area contributed by atoms with Crippen molar-refractivity contribution in [2.24, 2.45) is 0 Å². The van der Waals surface area contributed by atoms with Crippen LogP contribution in [0.2, 0.25) is 0 Å². The van der Waals surface area contributed by atoms with Gasteiger partial charge in [0.2, 0.25) is 0 Å². The third kappa shape index (κ3) is 5.32. The zero-order chi connectivity index (χ0) is 24.7. The highest BCUT2D eigenvalue weighted by Gasteiger charge is 2.23. The Balaban J connectivity index is 1.46. The molecule has 3 heterocycles. The molecule has 1 N–H and O–H groups in total. The molecule has 2 amide bonds. The number of nitrogens with one attached hydrogen (secondary N) is 1. The molecule has 8 heteroatoms. The van der Waals surface area contributed by atoms with Crippen LogP contribution in [-0.2, 0) is 6.42 Å². The van der Waals surface area contributed by atoms with Crippen molar-refractivity contribution in [3.05, 3.63) is 78.2 Å². The Labute approximate surface area is 212 Å². The fourth-order valence-electron chi connectivity index (χ4n) is 4.61. The first-order valence-corrected chi connectivity index (χ1v) is 12.8. The Morgan fingerprint density at radius 2 is 1.72 bits per heavy atom. The summed E-state index contributed by atoms with van der Waals surface area (Å²) in [6.45, 7) is 5.79. The van der Waals surface area contributed by atoms with Crippen LogP contribution in [-0.4, -0.2) is 63.4 Å². The van der Waals surface area contributed by atoms with Gasteiger partial charge in [-0.15, -0.1) is 0 Å². The number of rotatable bonds is 7. The maximum absolute atomic E-state index is 12.7. The van der Waals surface area contributed by atoms with Crippen molar-refractivity contribution in [2.45, 2.75) is 32.6 Å². The minimum atomic E-state index is 0.0276. The summed E-state index contributed by atoms with van der Waals surface area (Å²) >= 11 is 0. The molecular formula is C28H33N7O. The van der Waals surface area contributed by atoms with Crippen LogP contribution < -0.4 is 10.2 Å². The van der Waals surface area contributed by atoms with Crippen molar-refractivity contribution in [2.75, 3.05) is 37.6 Å². The van der Waals surface area contributed by atoms with Crippen LogP contribution >= 0.6 is 0 Å². The highest BCUT2D eigenvalue weighted by atomic mass is 16.2. The Morgan fingerprint density at radius 3 is 2.50 bits per heavy atom. The number of fused-ring (bicyclic) bond motifs is 1. The second kappa shape index (κ2) is 11.2. The molecule has 0 saturated carbocycles. The lowest BCUT2D eigenvalue weighted by atomic mass is 10.1. The number of carbonyl (C=O) groups excluding carboxylic acids is 1. The zero-order valence-electron chi connectivity index (χ0n) is 20.8. The Morgan fingerprint density at radius 1 is 0.944 bits per heavy atom. The molecule has 186 valence electrons. The van der Waals surface area contributed by atoms with Gasteiger partial charge < -0.3 is 15.1 Å². The summed E-state index contributed by atoms with van der Waals surface area (Å²) in [5.74, 6) is 1.65. The second-order valence-corrected chi connectivity index (χ2v) is 9.17. The van der Waals surface area contributed by atoms with E-state index in [9.17, 15) is 4.79 Å². The number of amides is 2. The molecule has 4 aromatic rings. The number of carbonyl (C=O) groups is 1. The fraction of sp³-hybridized carbons (Fsp3) is 0.357. The number of hydrogen-bond acceptors (Lipinski definition) is 5. The van der Waals surface area contributed by atoms with Crippen molar-refractivity contribution >= 4 is 22.9 Å². The van der Waals surface area contributed by atoms with Crippen molar-refractivity contribution in [3.8, 4) is 5.69 Å². The summed E-state index contributed by atoms with van der Waals surface area (Å²) in [5.41, 5.74) is 2.93. The summed E-state index contributed by atoms with van der Waals surface area (Å²) in [6.07, 6.45) is 5.46. The van der Waals surface area contributed by atoms with E-state index in [0.29, 0.717) is 19.5 Å². The van der Waals surface area contributed by atoms with E-state index < -0.39 is 0 Å². The second-order valence-electron chi connectivity index (χ2n) is 9.17. The predicted molar refractivity (Wildman–Crippen MR) is 143 cm³/mol. The number of unbranched alkanes of at least 4 members (excludes halogenated alkanes) is 1. The molecule has 0 spiro atoms. The van der Waals surface area contributed by atoms with Crippen LogP contribution in [0.4, 0.5) is 10.6 Å². The van der Waals surface area contributed by atoms with Crippen LogP contribution in [0.1, 0.15) is 37.6 Å². The molecule has 36 heavy (non-hydrogen) atoms. The van der Waals surface area contributed by atoms with Gasteiger partial charge in [0.05, 0.1) is 17.3 Å². The molecule has 0 atom stereocenters. The largest absolute Gasteiger partial charge is 0.354 e. The molecule has 1 fully saturated rings. The van der Waals surface area contributed by atoms with Gasteiger partial charge in [-0.1, -0.05) is 61.9 Å². The van der Waals surface area contributed by atoms with E-state index in [2.05, 4.69) is 29.3 Å². The maximum Gasteiger partial charge on any atom is 0.317 e. The smallest absolute Gasteiger partial charge is 0.317 e. The number of urea groups is 1. The molecule has 2 aromatic carbocycles. The highest BCUT2D eigenvalue weighted by Crippen LogP contribution is 2.27. The number of benzene rings is 2. The molecule has 0 radical (unpaired) electrons. The van der Waals surface area contributed by atoms with Crippen LogP contribution in [0, 0.1) is 0 Å². The molecule has 8 nitrogen and oxygen atoms in total. The van der Waals surface area contributed by atoms with Crippen molar-refractivity contribution in [1.82, 2.24) is 30.0 Å². The van der Waals surface area contributed by atoms with E-state index in [1.54, 1.807) is 0 Å². The van der Waals surface area contributed by atoms with E-state index in [4.69, 9.17) is 15.1 Å². The first-order chi connectivity index (χ1) is 17.7. The van der Waals surface area contributed by atoms with E-state index in [0.717, 1.165) is 67.3 Å². The summed E-state index contributed by atoms with van der Waals surface area (Å²) in [7, 11) is 0. The average molecular weight is 484 g/mol. The minimum absolute atomic E-state index is 0.0276. The molecular weight excluding hydrogens is 450 g/mol. The van der Waals surface area contributed by atoms with Gasteiger partial charge in [0.1, 0.15) is 11.6 Å². The summed E-state index contributed by atoms with van der Waals surface area (Å²) in [5, 5.41) is 8.67. The van der Waals surface area contributed by atoms with Gasteiger partial charge in [0.25, 0.3) is 0 Å². The molecule has 0 unspecified atom stereocenters. The van der Waals surface area contributed by atoms with Gasteiger partial charge in [0.15, 0.2) is 5.65 Å². The summed E-state index contributed by atoms with van der Waals surface area (Å²) in [6, 6.07) is 20.4. The predicted octanol–water partition coefficient (Wildman–Crippen LogP) is 4.43. The van der Waals surface area contributed by atoms with Crippen LogP contribution in [0.25, 0.3) is 16.7 Å². The quantitative estimate of drug-likeness (QED) is 0.394. The Hall–Kier alpha value is -3.94. The Bertz CT molecular complexity index is 1290. The fourth-order valence-corrected chi connectivity index (χ4v) is 4.61. The van der Waals surface area contributed by atoms with Gasteiger partial charge in [0, 0.05) is 39.1 Å². The van der Waals surface area contributed by atoms with E-state index >= 15 is 0 Å². The van der Waals surface area contributed by atoms with E-state index in [1.165, 1.54) is 5.56 Å². The van der Waals surface area contributed by atoms with Gasteiger partial charge in [-0.3, -0.25) is 0 Å². The van der Waals surface area contributed by atoms with E-state index in [-0.39, 0.29) is 6.03 Å². The van der Waals surface area contributed by atoms with Crippen LogP contribution in [0.5, 0.6) is 0 Å². The number of para-hydroxylation sites is 1. The lowest BCUT2D eigenvalue weighted by Crippen LogP contribution is -2.42. The number of hydrogen-bond donors (Lipinski definition) is 1. The molecule has 1 aliphatic rings. The summed E-state index contributed by atoms with van der Waals surface area (Å²) in [4.78, 5) is 26.9. The molecule has 2 aromatic heterocycles. The maximum atomic E-state index is 12.7. The van der Waals surface area contributed by atoms with Crippen molar-refractivity contribution in [1.29, 1.82) is 0 Å². The first kappa shape index (κ1) is 23.8. The number of nitrogens with zero attached hydrogens (tertiary/aromatic N) is 6. The molecule has 5 rings (SSSR count). The van der Waals surface area contributed by atoms with Gasteiger partial charge in [-0.25, -0.2) is 19.4 Å². The van der Waals surface area contributed by atoms with Gasteiger partial charge in [-0.2, -0.15) is 5.10 Å². The molecule has 1 aliphatic heterocycles. The minimum Gasteiger partial charge on any atom is -0.354 e. The van der Waals surface area contributed by atoms with Gasteiger partial charge in [-0.05, 0) is 30.5 Å². The van der Waals surface area contributed by atoms with Crippen molar-refractivity contribution in [3.63, 3.8) is 0 Å². The SMILES string of the molecule is CCCCNC(=O)N1CCCN(c2nc(Cc3ccccc3)nc3c2cnn3-c2ccccc2)CC1. The number of anilines is 1. The molecule has 0 bridgehead atoms. The lowest BCUT2D eigenvalue weighted by Gasteiger charge is -2.24. The van der Waals surface area contributed by atoms with Crippen molar-refractivity contribution < 1.29 is 4.79 Å². The number of aromatic nitrogens is 4. The monoisotopic (exact) mass is 483 g/mol. The van der Waals surface area contributed by atoms with Crippen LogP contribution in [0.3, 0.4) is 0 Å². The highest BCUT2D eigenvalue weighted by molar-refractivity contribution is 5.88. The summed E-state index contributed by atoms with van der Waals surface area (Å²) < 4.78 is 1.89. The third-order valence-electron chi connectivity index (χ3n) is 6.55. The lowest BCUT2D eigenvalue weighted by molar-refractivity contribution is 0.201. The molecule has 1 saturated heterocycles.